The van der Waals surface area contributed by atoms with Crippen LogP contribution >= 0.6 is 24.0 Å². The number of hydrogen-bond donors (Lipinski definition) is 3. The molecule has 1 fully saturated rings. The lowest BCUT2D eigenvalue weighted by atomic mass is 9.95. The van der Waals surface area contributed by atoms with Crippen LogP contribution in [-0.4, -0.2) is 46.8 Å². The largest absolute Gasteiger partial charge is 0.357 e. The predicted molar refractivity (Wildman–Crippen MR) is 110 cm³/mol. The molecular formula is C16H26FIN4O2S. The van der Waals surface area contributed by atoms with Gasteiger partial charge in [0, 0.05) is 25.0 Å². The maximum Gasteiger partial charge on any atom is 0.208 e. The maximum atomic E-state index is 14.0. The lowest BCUT2D eigenvalue weighted by Gasteiger charge is -2.16. The minimum Gasteiger partial charge on any atom is -0.357 e. The van der Waals surface area contributed by atoms with Crippen LogP contribution in [-0.2, 0) is 15.4 Å². The SMILES string of the molecule is CCNC(=NCC1(c2ccccc2F)CC1)NCCNS(C)(=O)=O.I. The first-order valence-corrected chi connectivity index (χ1v) is 9.97. The quantitative estimate of drug-likeness (QED) is 0.227. The number of aliphatic imine (C=N–C) groups is 1. The summed E-state index contributed by atoms with van der Waals surface area (Å²) in [6, 6.07) is 6.86. The Morgan fingerprint density at radius 3 is 2.48 bits per heavy atom. The molecule has 0 aliphatic heterocycles. The Balaban J connectivity index is 0.00000312. The summed E-state index contributed by atoms with van der Waals surface area (Å²) in [5, 5.41) is 6.19. The molecule has 1 aliphatic rings. The topological polar surface area (TPSA) is 82.6 Å². The van der Waals surface area contributed by atoms with Crippen LogP contribution in [0.4, 0.5) is 4.39 Å². The van der Waals surface area contributed by atoms with Gasteiger partial charge in [0.1, 0.15) is 5.82 Å². The van der Waals surface area contributed by atoms with Gasteiger partial charge in [-0.25, -0.2) is 17.5 Å². The summed E-state index contributed by atoms with van der Waals surface area (Å²) in [6.07, 6.45) is 2.97. The minimum atomic E-state index is -3.19. The van der Waals surface area contributed by atoms with Crippen molar-refractivity contribution in [1.29, 1.82) is 0 Å². The van der Waals surface area contributed by atoms with Gasteiger partial charge in [-0.2, -0.15) is 0 Å². The van der Waals surface area contributed by atoms with E-state index in [1.54, 1.807) is 6.07 Å². The van der Waals surface area contributed by atoms with Crippen LogP contribution in [0.2, 0.25) is 0 Å². The fourth-order valence-corrected chi connectivity index (χ4v) is 3.02. The summed E-state index contributed by atoms with van der Waals surface area (Å²) in [5.74, 6) is 0.427. The molecule has 0 aromatic heterocycles. The summed E-state index contributed by atoms with van der Waals surface area (Å²) in [5.41, 5.74) is 0.516. The molecule has 3 N–H and O–H groups in total. The molecule has 142 valence electrons. The molecule has 6 nitrogen and oxygen atoms in total. The van der Waals surface area contributed by atoms with Crippen LogP contribution in [0, 0.1) is 5.82 Å². The highest BCUT2D eigenvalue weighted by atomic mass is 127. The monoisotopic (exact) mass is 484 g/mol. The Kier molecular flexibility index (Phi) is 8.55. The van der Waals surface area contributed by atoms with Crippen LogP contribution in [0.3, 0.4) is 0 Å². The van der Waals surface area contributed by atoms with E-state index < -0.39 is 10.0 Å². The molecule has 0 saturated heterocycles. The zero-order valence-corrected chi connectivity index (χ0v) is 17.7. The Bertz CT molecular complexity index is 693. The van der Waals surface area contributed by atoms with Gasteiger partial charge in [0.15, 0.2) is 5.96 Å². The number of nitrogens with zero attached hydrogens (tertiary/aromatic N) is 1. The molecule has 0 unspecified atom stereocenters. The normalized spacial score (nSPS) is 16.0. The van der Waals surface area contributed by atoms with E-state index in [9.17, 15) is 12.8 Å². The zero-order valence-electron chi connectivity index (χ0n) is 14.5. The third-order valence-electron chi connectivity index (χ3n) is 3.96. The van der Waals surface area contributed by atoms with Crippen molar-refractivity contribution < 1.29 is 12.8 Å². The van der Waals surface area contributed by atoms with Crippen LogP contribution in [0.5, 0.6) is 0 Å². The Morgan fingerprint density at radius 2 is 1.92 bits per heavy atom. The van der Waals surface area contributed by atoms with Crippen LogP contribution in [0.25, 0.3) is 0 Å². The first kappa shape index (κ1) is 22.1. The highest BCUT2D eigenvalue weighted by Gasteiger charge is 2.45. The molecule has 0 amide bonds. The molecule has 0 bridgehead atoms. The van der Waals surface area contributed by atoms with Gasteiger partial charge in [0.2, 0.25) is 10.0 Å². The number of halogens is 2. The molecule has 9 heteroatoms. The summed E-state index contributed by atoms with van der Waals surface area (Å²) in [6.45, 7) is 3.85. The lowest BCUT2D eigenvalue weighted by Crippen LogP contribution is -2.41. The number of rotatable bonds is 8. The van der Waals surface area contributed by atoms with Crippen molar-refractivity contribution in [2.24, 2.45) is 4.99 Å². The van der Waals surface area contributed by atoms with Gasteiger partial charge >= 0.3 is 0 Å². The van der Waals surface area contributed by atoms with E-state index in [0.717, 1.165) is 24.7 Å². The van der Waals surface area contributed by atoms with Crippen LogP contribution < -0.4 is 15.4 Å². The highest BCUT2D eigenvalue weighted by Crippen LogP contribution is 2.49. The number of hydrogen-bond acceptors (Lipinski definition) is 3. The van der Waals surface area contributed by atoms with E-state index in [0.29, 0.717) is 25.6 Å². The van der Waals surface area contributed by atoms with Crippen molar-refractivity contribution in [3.8, 4) is 0 Å². The van der Waals surface area contributed by atoms with E-state index in [2.05, 4.69) is 20.3 Å². The van der Waals surface area contributed by atoms with Gasteiger partial charge in [0.25, 0.3) is 0 Å². The van der Waals surface area contributed by atoms with Crippen molar-refractivity contribution >= 4 is 40.0 Å². The number of guanidine groups is 1. The molecule has 2 rings (SSSR count). The second-order valence-electron chi connectivity index (χ2n) is 6.05. The maximum absolute atomic E-state index is 14.0. The lowest BCUT2D eigenvalue weighted by molar-refractivity contribution is 0.572. The van der Waals surface area contributed by atoms with Crippen molar-refractivity contribution in [3.63, 3.8) is 0 Å². The van der Waals surface area contributed by atoms with Gasteiger partial charge in [-0.3, -0.25) is 4.99 Å². The first-order valence-electron chi connectivity index (χ1n) is 8.08. The number of nitrogens with one attached hydrogen (secondary N) is 3. The highest BCUT2D eigenvalue weighted by molar-refractivity contribution is 14.0. The van der Waals surface area contributed by atoms with Gasteiger partial charge < -0.3 is 10.6 Å². The smallest absolute Gasteiger partial charge is 0.208 e. The summed E-state index contributed by atoms with van der Waals surface area (Å²) < 4.78 is 38.5. The third kappa shape index (κ3) is 7.06. The Morgan fingerprint density at radius 1 is 1.24 bits per heavy atom. The molecule has 0 spiro atoms. The molecule has 0 atom stereocenters. The van der Waals surface area contributed by atoms with Gasteiger partial charge in [-0.1, -0.05) is 18.2 Å². The molecule has 0 radical (unpaired) electrons. The average molecular weight is 484 g/mol. The molecule has 0 heterocycles. The fraction of sp³-hybridized carbons (Fsp3) is 0.562. The summed E-state index contributed by atoms with van der Waals surface area (Å²) in [4.78, 5) is 4.55. The van der Waals surface area contributed by atoms with Crippen molar-refractivity contribution in [3.05, 3.63) is 35.6 Å². The molecular weight excluding hydrogens is 458 g/mol. The molecule has 1 aromatic rings. The zero-order chi connectivity index (χ0) is 17.6. The number of sulfonamides is 1. The van der Waals surface area contributed by atoms with Crippen LogP contribution in [0.1, 0.15) is 25.3 Å². The Hall–Kier alpha value is -0.940. The van der Waals surface area contributed by atoms with E-state index >= 15 is 0 Å². The minimum absolute atomic E-state index is 0. The first-order chi connectivity index (χ1) is 11.4. The van der Waals surface area contributed by atoms with Crippen molar-refractivity contribution in [1.82, 2.24) is 15.4 Å². The second kappa shape index (κ2) is 9.67. The van der Waals surface area contributed by atoms with E-state index in [4.69, 9.17) is 0 Å². The van der Waals surface area contributed by atoms with Gasteiger partial charge in [-0.15, -0.1) is 24.0 Å². The third-order valence-corrected chi connectivity index (χ3v) is 4.69. The molecule has 1 saturated carbocycles. The van der Waals surface area contributed by atoms with Crippen LogP contribution in [0.15, 0.2) is 29.3 Å². The van der Waals surface area contributed by atoms with Crippen molar-refractivity contribution in [2.45, 2.75) is 25.2 Å². The van der Waals surface area contributed by atoms with Gasteiger partial charge in [-0.05, 0) is 31.4 Å². The predicted octanol–water partition coefficient (Wildman–Crippen LogP) is 1.58. The molecule has 25 heavy (non-hydrogen) atoms. The standard InChI is InChI=1S/C16H25FN4O2S.HI/c1-3-18-15(19-10-11-21-24(2,22)23)20-12-16(8-9-16)13-6-4-5-7-14(13)17;/h4-7,21H,3,8-12H2,1-2H3,(H2,18,19,20);1H. The molecule has 1 aliphatic carbocycles. The second-order valence-corrected chi connectivity index (χ2v) is 7.88. The summed E-state index contributed by atoms with van der Waals surface area (Å²) in [7, 11) is -3.19. The van der Waals surface area contributed by atoms with Gasteiger partial charge in [0.05, 0.1) is 12.8 Å². The average Bonchev–Trinajstić information content (AvgIpc) is 3.29. The summed E-state index contributed by atoms with van der Waals surface area (Å²) >= 11 is 0. The number of benzene rings is 1. The van der Waals surface area contributed by atoms with E-state index in [1.165, 1.54) is 6.07 Å². The van der Waals surface area contributed by atoms with Crippen molar-refractivity contribution in [2.75, 3.05) is 32.4 Å². The fourth-order valence-electron chi connectivity index (χ4n) is 2.54. The molecule has 1 aromatic carbocycles. The van der Waals surface area contributed by atoms with E-state index in [-0.39, 0.29) is 41.8 Å². The Labute approximate surface area is 166 Å². The van der Waals surface area contributed by atoms with E-state index in [1.807, 2.05) is 19.1 Å².